The fourth-order valence-electron chi connectivity index (χ4n) is 1.64. The number of halogens is 1. The lowest BCUT2D eigenvalue weighted by molar-refractivity contribution is -0.143. The second kappa shape index (κ2) is 4.37. The number of alkyl halides is 1. The third kappa shape index (κ3) is 2.04. The molecule has 0 saturated carbocycles. The van der Waals surface area contributed by atoms with Gasteiger partial charge >= 0.3 is 5.97 Å². The smallest absolute Gasteiger partial charge is 0.344 e. The number of hydrogen-bond donors (Lipinski definition) is 1. The van der Waals surface area contributed by atoms with Crippen molar-refractivity contribution in [1.82, 2.24) is 9.78 Å². The number of aromatic nitrogens is 2. The van der Waals surface area contributed by atoms with Crippen molar-refractivity contribution in [2.75, 3.05) is 0 Å². The van der Waals surface area contributed by atoms with Crippen LogP contribution in [-0.2, 0) is 4.79 Å². The molecule has 2 aromatic rings. The Morgan fingerprint density at radius 3 is 2.65 bits per heavy atom. The predicted molar refractivity (Wildman–Crippen MR) is 59.8 cm³/mol. The standard InChI is InChI=1S/C12H11FN2O2/c1-8-7-14-15(9-5-3-2-4-6-9)11(8)10(13)12(16)17/h2-7,10H,1H3,(H,16,17). The van der Waals surface area contributed by atoms with Crippen LogP contribution in [0.1, 0.15) is 17.4 Å². The first-order chi connectivity index (χ1) is 8.11. The maximum absolute atomic E-state index is 13.6. The molecule has 1 N–H and O–H groups in total. The van der Waals surface area contributed by atoms with Gasteiger partial charge in [0.05, 0.1) is 17.6 Å². The first-order valence-electron chi connectivity index (χ1n) is 5.08. The molecule has 0 aliphatic carbocycles. The zero-order chi connectivity index (χ0) is 12.4. The molecule has 5 heteroatoms. The van der Waals surface area contributed by atoms with Crippen molar-refractivity contribution in [3.05, 3.63) is 47.8 Å². The van der Waals surface area contributed by atoms with Crippen LogP contribution in [0, 0.1) is 6.92 Å². The number of carboxylic acids is 1. The minimum absolute atomic E-state index is 0.0590. The van der Waals surface area contributed by atoms with Crippen LogP contribution in [0.5, 0.6) is 0 Å². The summed E-state index contributed by atoms with van der Waals surface area (Å²) in [6.07, 6.45) is -0.615. The minimum Gasteiger partial charge on any atom is -0.479 e. The van der Waals surface area contributed by atoms with Gasteiger partial charge in [-0.1, -0.05) is 18.2 Å². The molecule has 1 unspecified atom stereocenters. The van der Waals surface area contributed by atoms with Crippen molar-refractivity contribution in [3.8, 4) is 5.69 Å². The molecular formula is C12H11FN2O2. The van der Waals surface area contributed by atoms with Crippen LogP contribution in [0.3, 0.4) is 0 Å². The monoisotopic (exact) mass is 234 g/mol. The molecule has 1 atom stereocenters. The maximum Gasteiger partial charge on any atom is 0.344 e. The van der Waals surface area contributed by atoms with E-state index < -0.39 is 12.1 Å². The van der Waals surface area contributed by atoms with Gasteiger partial charge in [-0.05, 0) is 24.6 Å². The highest BCUT2D eigenvalue weighted by Crippen LogP contribution is 2.24. The Morgan fingerprint density at radius 2 is 2.06 bits per heavy atom. The normalized spacial score (nSPS) is 12.4. The summed E-state index contributed by atoms with van der Waals surface area (Å²) in [6.45, 7) is 1.64. The summed E-state index contributed by atoms with van der Waals surface area (Å²) in [5.74, 6) is -1.51. The van der Waals surface area contributed by atoms with Crippen molar-refractivity contribution >= 4 is 5.97 Å². The van der Waals surface area contributed by atoms with E-state index in [1.165, 1.54) is 10.9 Å². The van der Waals surface area contributed by atoms with Crippen molar-refractivity contribution in [2.45, 2.75) is 13.1 Å². The Hall–Kier alpha value is -2.17. The quantitative estimate of drug-likeness (QED) is 0.886. The van der Waals surface area contributed by atoms with Gasteiger partial charge in [-0.15, -0.1) is 0 Å². The molecule has 0 aliphatic heterocycles. The summed E-state index contributed by atoms with van der Waals surface area (Å²) >= 11 is 0. The highest BCUT2D eigenvalue weighted by molar-refractivity contribution is 5.74. The van der Waals surface area contributed by atoms with Crippen LogP contribution in [-0.4, -0.2) is 20.9 Å². The summed E-state index contributed by atoms with van der Waals surface area (Å²) in [6, 6.07) is 8.87. The number of para-hydroxylation sites is 1. The van der Waals surface area contributed by atoms with E-state index >= 15 is 0 Å². The van der Waals surface area contributed by atoms with E-state index in [-0.39, 0.29) is 5.69 Å². The lowest BCUT2D eigenvalue weighted by atomic mass is 10.2. The second-order valence-electron chi connectivity index (χ2n) is 3.66. The Morgan fingerprint density at radius 1 is 1.41 bits per heavy atom. The largest absolute Gasteiger partial charge is 0.479 e. The van der Waals surface area contributed by atoms with Gasteiger partial charge in [0.2, 0.25) is 6.17 Å². The lowest BCUT2D eigenvalue weighted by Gasteiger charge is -2.09. The van der Waals surface area contributed by atoms with Gasteiger partial charge in [0, 0.05) is 0 Å². The second-order valence-corrected chi connectivity index (χ2v) is 3.66. The van der Waals surface area contributed by atoms with Gasteiger partial charge in [-0.25, -0.2) is 13.9 Å². The zero-order valence-electron chi connectivity index (χ0n) is 9.17. The molecule has 0 radical (unpaired) electrons. The van der Waals surface area contributed by atoms with E-state index in [1.54, 1.807) is 31.2 Å². The van der Waals surface area contributed by atoms with Crippen molar-refractivity contribution < 1.29 is 14.3 Å². The van der Waals surface area contributed by atoms with Crippen molar-refractivity contribution in [1.29, 1.82) is 0 Å². The Labute approximate surface area is 97.3 Å². The molecule has 1 aromatic carbocycles. The average molecular weight is 234 g/mol. The molecular weight excluding hydrogens is 223 g/mol. The summed E-state index contributed by atoms with van der Waals surface area (Å²) < 4.78 is 15.0. The summed E-state index contributed by atoms with van der Waals surface area (Å²) in [5, 5.41) is 12.7. The molecule has 0 fully saturated rings. The topological polar surface area (TPSA) is 55.1 Å². The van der Waals surface area contributed by atoms with E-state index in [1.807, 2.05) is 6.07 Å². The van der Waals surface area contributed by atoms with Crippen molar-refractivity contribution in [2.24, 2.45) is 0 Å². The molecule has 0 spiro atoms. The number of hydrogen-bond acceptors (Lipinski definition) is 2. The molecule has 1 aromatic heterocycles. The van der Waals surface area contributed by atoms with Gasteiger partial charge in [0.15, 0.2) is 0 Å². The van der Waals surface area contributed by atoms with Gasteiger partial charge in [0.25, 0.3) is 0 Å². The van der Waals surface area contributed by atoms with E-state index in [0.717, 1.165) is 0 Å². The molecule has 1 heterocycles. The molecule has 0 bridgehead atoms. The molecule has 2 rings (SSSR count). The van der Waals surface area contributed by atoms with Crippen LogP contribution in [0.15, 0.2) is 36.5 Å². The van der Waals surface area contributed by atoms with Gasteiger partial charge < -0.3 is 5.11 Å². The van der Waals surface area contributed by atoms with Crippen LogP contribution in [0.2, 0.25) is 0 Å². The van der Waals surface area contributed by atoms with Crippen LogP contribution >= 0.6 is 0 Å². The fourth-order valence-corrected chi connectivity index (χ4v) is 1.64. The third-order valence-corrected chi connectivity index (χ3v) is 2.46. The molecule has 17 heavy (non-hydrogen) atoms. The predicted octanol–water partition coefficient (Wildman–Crippen LogP) is 2.28. The van der Waals surface area contributed by atoms with Gasteiger partial charge in [0.1, 0.15) is 0 Å². The number of carbonyl (C=O) groups is 1. The molecule has 0 aliphatic rings. The number of benzene rings is 1. The average Bonchev–Trinajstić information content (AvgIpc) is 2.71. The molecule has 88 valence electrons. The van der Waals surface area contributed by atoms with Gasteiger partial charge in [-0.3, -0.25) is 0 Å². The number of nitrogens with zero attached hydrogens (tertiary/aromatic N) is 2. The summed E-state index contributed by atoms with van der Waals surface area (Å²) in [4.78, 5) is 10.7. The van der Waals surface area contributed by atoms with E-state index in [4.69, 9.17) is 5.11 Å². The van der Waals surface area contributed by atoms with E-state index in [0.29, 0.717) is 11.3 Å². The molecule has 0 amide bonds. The molecule has 4 nitrogen and oxygen atoms in total. The zero-order valence-corrected chi connectivity index (χ0v) is 9.17. The summed E-state index contributed by atoms with van der Waals surface area (Å²) in [5.41, 5.74) is 1.21. The van der Waals surface area contributed by atoms with Crippen LogP contribution < -0.4 is 0 Å². The van der Waals surface area contributed by atoms with Crippen LogP contribution in [0.25, 0.3) is 5.69 Å². The van der Waals surface area contributed by atoms with E-state index in [9.17, 15) is 9.18 Å². The Bertz CT molecular complexity index is 537. The van der Waals surface area contributed by atoms with E-state index in [2.05, 4.69) is 5.10 Å². The Kier molecular flexibility index (Phi) is 2.91. The third-order valence-electron chi connectivity index (χ3n) is 2.46. The maximum atomic E-state index is 13.6. The number of carboxylic acid groups (broad SMARTS) is 1. The highest BCUT2D eigenvalue weighted by atomic mass is 19.1. The van der Waals surface area contributed by atoms with Crippen molar-refractivity contribution in [3.63, 3.8) is 0 Å². The first kappa shape index (κ1) is 11.3. The Balaban J connectivity index is 2.54. The minimum atomic E-state index is -2.07. The van der Waals surface area contributed by atoms with Crippen LogP contribution in [0.4, 0.5) is 4.39 Å². The number of aliphatic carboxylic acids is 1. The van der Waals surface area contributed by atoms with Gasteiger partial charge in [-0.2, -0.15) is 5.10 Å². The fraction of sp³-hybridized carbons (Fsp3) is 0.167. The highest BCUT2D eigenvalue weighted by Gasteiger charge is 2.25. The lowest BCUT2D eigenvalue weighted by Crippen LogP contribution is -2.13. The molecule has 0 saturated heterocycles. The SMILES string of the molecule is Cc1cnn(-c2ccccc2)c1C(F)C(=O)O. The first-order valence-corrected chi connectivity index (χ1v) is 5.08. The number of rotatable bonds is 3. The summed E-state index contributed by atoms with van der Waals surface area (Å²) in [7, 11) is 0. The number of aryl methyl sites for hydroxylation is 1.